The number of amides is 2. The summed E-state index contributed by atoms with van der Waals surface area (Å²) in [7, 11) is 1.53. The monoisotopic (exact) mass is 399 g/mol. The smallest absolute Gasteiger partial charge is 0.238 e. The minimum atomic E-state index is -0.240. The first-order valence-corrected chi connectivity index (χ1v) is 9.68. The number of carbonyl (C=O) groups excluding carboxylic acids is 2. The van der Waals surface area contributed by atoms with Crippen molar-refractivity contribution in [2.45, 2.75) is 32.2 Å². The van der Waals surface area contributed by atoms with E-state index in [9.17, 15) is 14.0 Å². The lowest BCUT2D eigenvalue weighted by atomic mass is 10.0. The van der Waals surface area contributed by atoms with Crippen LogP contribution in [0.4, 0.5) is 15.8 Å². The number of carbonyl (C=O) groups is 2. The molecule has 7 heteroatoms. The summed E-state index contributed by atoms with van der Waals surface area (Å²) in [5.74, 6) is -0.0692. The second kappa shape index (κ2) is 9.52. The summed E-state index contributed by atoms with van der Waals surface area (Å²) in [5, 5.41) is 5.57. The van der Waals surface area contributed by atoms with Crippen molar-refractivity contribution in [2.75, 3.05) is 30.8 Å². The summed E-state index contributed by atoms with van der Waals surface area (Å²) in [6.07, 6.45) is 2.70. The van der Waals surface area contributed by atoms with Crippen LogP contribution in [-0.2, 0) is 16.0 Å². The molecule has 0 aromatic heterocycles. The quantitative estimate of drug-likeness (QED) is 0.748. The first kappa shape index (κ1) is 20.8. The van der Waals surface area contributed by atoms with E-state index < -0.39 is 0 Å². The van der Waals surface area contributed by atoms with Gasteiger partial charge in [0.25, 0.3) is 0 Å². The average Bonchev–Trinajstić information content (AvgIpc) is 3.08. The SMILES string of the molecule is COc1ccc(NC(C)=O)cc1NC(=O)CN1CCCC1Cc1cccc(F)c1. The van der Waals surface area contributed by atoms with Gasteiger partial charge in [-0.3, -0.25) is 14.5 Å². The number of hydrogen-bond donors (Lipinski definition) is 2. The summed E-state index contributed by atoms with van der Waals surface area (Å²) in [6.45, 7) is 2.50. The van der Waals surface area contributed by atoms with Crippen LogP contribution in [0.2, 0.25) is 0 Å². The fraction of sp³-hybridized carbons (Fsp3) is 0.364. The van der Waals surface area contributed by atoms with Gasteiger partial charge in [-0.2, -0.15) is 0 Å². The molecule has 1 aliphatic rings. The molecule has 3 rings (SSSR count). The Kier molecular flexibility index (Phi) is 6.82. The fourth-order valence-corrected chi connectivity index (χ4v) is 3.73. The number of rotatable bonds is 7. The molecule has 29 heavy (non-hydrogen) atoms. The number of nitrogens with zero attached hydrogens (tertiary/aromatic N) is 1. The van der Waals surface area contributed by atoms with Crippen molar-refractivity contribution in [3.8, 4) is 5.75 Å². The van der Waals surface area contributed by atoms with Crippen LogP contribution in [0, 0.1) is 5.82 Å². The third-order valence-electron chi connectivity index (χ3n) is 5.00. The predicted molar refractivity (Wildman–Crippen MR) is 111 cm³/mol. The van der Waals surface area contributed by atoms with E-state index in [1.807, 2.05) is 6.07 Å². The molecule has 1 aliphatic heterocycles. The average molecular weight is 399 g/mol. The van der Waals surface area contributed by atoms with Gasteiger partial charge in [-0.1, -0.05) is 12.1 Å². The van der Waals surface area contributed by atoms with Crippen LogP contribution in [0.5, 0.6) is 5.75 Å². The van der Waals surface area contributed by atoms with Crippen LogP contribution in [0.1, 0.15) is 25.3 Å². The molecule has 0 bridgehead atoms. The summed E-state index contributed by atoms with van der Waals surface area (Å²) >= 11 is 0. The molecule has 1 unspecified atom stereocenters. The molecule has 6 nitrogen and oxygen atoms in total. The third kappa shape index (κ3) is 5.77. The second-order valence-electron chi connectivity index (χ2n) is 7.24. The predicted octanol–water partition coefficient (Wildman–Crippen LogP) is 3.44. The zero-order chi connectivity index (χ0) is 20.8. The highest BCUT2D eigenvalue weighted by molar-refractivity contribution is 5.95. The summed E-state index contributed by atoms with van der Waals surface area (Å²) < 4.78 is 18.8. The van der Waals surface area contributed by atoms with Gasteiger partial charge in [-0.25, -0.2) is 4.39 Å². The number of hydrogen-bond acceptors (Lipinski definition) is 4. The second-order valence-corrected chi connectivity index (χ2v) is 7.24. The third-order valence-corrected chi connectivity index (χ3v) is 5.00. The number of halogens is 1. The number of nitrogens with one attached hydrogen (secondary N) is 2. The van der Waals surface area contributed by atoms with Crippen molar-refractivity contribution < 1.29 is 18.7 Å². The standard InChI is InChI=1S/C22H26FN3O3/c1-15(27)24-18-8-9-21(29-2)20(13-18)25-22(28)14-26-10-4-7-19(26)12-16-5-3-6-17(23)11-16/h3,5-6,8-9,11,13,19H,4,7,10,12,14H2,1-2H3,(H,24,27)(H,25,28). The first-order chi connectivity index (χ1) is 13.9. The van der Waals surface area contributed by atoms with E-state index in [1.54, 1.807) is 30.3 Å². The van der Waals surface area contributed by atoms with Crippen molar-refractivity contribution >= 4 is 23.2 Å². The number of anilines is 2. The molecular formula is C22H26FN3O3. The van der Waals surface area contributed by atoms with E-state index in [2.05, 4.69) is 15.5 Å². The molecule has 2 aromatic rings. The van der Waals surface area contributed by atoms with Gasteiger partial charge in [-0.05, 0) is 61.7 Å². The molecular weight excluding hydrogens is 373 g/mol. The van der Waals surface area contributed by atoms with Gasteiger partial charge in [0.2, 0.25) is 11.8 Å². The Morgan fingerprint density at radius 1 is 1.21 bits per heavy atom. The molecule has 2 N–H and O–H groups in total. The Balaban J connectivity index is 1.64. The molecule has 154 valence electrons. The number of likely N-dealkylation sites (tertiary alicyclic amines) is 1. The maximum atomic E-state index is 13.5. The maximum absolute atomic E-state index is 13.5. The van der Waals surface area contributed by atoms with Gasteiger partial charge in [-0.15, -0.1) is 0 Å². The lowest BCUT2D eigenvalue weighted by molar-refractivity contribution is -0.117. The topological polar surface area (TPSA) is 70.7 Å². The molecule has 2 amide bonds. The van der Waals surface area contributed by atoms with Crippen molar-refractivity contribution in [1.29, 1.82) is 0 Å². The fourth-order valence-electron chi connectivity index (χ4n) is 3.73. The summed E-state index contributed by atoms with van der Waals surface area (Å²) in [5.41, 5.74) is 2.02. The van der Waals surface area contributed by atoms with E-state index in [4.69, 9.17) is 4.74 Å². The largest absolute Gasteiger partial charge is 0.495 e. The van der Waals surface area contributed by atoms with Crippen LogP contribution in [0.25, 0.3) is 0 Å². The van der Waals surface area contributed by atoms with Crippen molar-refractivity contribution in [3.05, 3.63) is 53.8 Å². The normalized spacial score (nSPS) is 16.4. The van der Waals surface area contributed by atoms with Crippen LogP contribution < -0.4 is 15.4 Å². The van der Waals surface area contributed by atoms with Gasteiger partial charge < -0.3 is 15.4 Å². The molecule has 1 heterocycles. The first-order valence-electron chi connectivity index (χ1n) is 9.68. The lowest BCUT2D eigenvalue weighted by Gasteiger charge is -2.24. The minimum Gasteiger partial charge on any atom is -0.495 e. The van der Waals surface area contributed by atoms with Gasteiger partial charge in [0.1, 0.15) is 11.6 Å². The van der Waals surface area contributed by atoms with E-state index in [0.717, 1.165) is 24.9 Å². The van der Waals surface area contributed by atoms with Crippen molar-refractivity contribution in [2.24, 2.45) is 0 Å². The Hall–Kier alpha value is -2.93. The van der Waals surface area contributed by atoms with E-state index in [-0.39, 0.29) is 30.2 Å². The molecule has 1 saturated heterocycles. The molecule has 1 atom stereocenters. The Morgan fingerprint density at radius 2 is 2.03 bits per heavy atom. The number of benzene rings is 2. The molecule has 0 aliphatic carbocycles. The van der Waals surface area contributed by atoms with Crippen LogP contribution >= 0.6 is 0 Å². The highest BCUT2D eigenvalue weighted by Gasteiger charge is 2.26. The molecule has 0 spiro atoms. The molecule has 0 radical (unpaired) electrons. The zero-order valence-corrected chi connectivity index (χ0v) is 16.7. The highest BCUT2D eigenvalue weighted by Crippen LogP contribution is 2.28. The molecule has 0 saturated carbocycles. The summed E-state index contributed by atoms with van der Waals surface area (Å²) in [4.78, 5) is 26.1. The van der Waals surface area contributed by atoms with Crippen molar-refractivity contribution in [1.82, 2.24) is 4.90 Å². The lowest BCUT2D eigenvalue weighted by Crippen LogP contribution is -2.38. The minimum absolute atomic E-state index is 0.158. The van der Waals surface area contributed by atoms with Crippen LogP contribution in [0.3, 0.4) is 0 Å². The maximum Gasteiger partial charge on any atom is 0.238 e. The Bertz CT molecular complexity index is 887. The summed E-state index contributed by atoms with van der Waals surface area (Å²) in [6, 6.07) is 11.9. The number of ether oxygens (including phenoxy) is 1. The Labute approximate surface area is 170 Å². The Morgan fingerprint density at radius 3 is 2.76 bits per heavy atom. The van der Waals surface area contributed by atoms with Gasteiger partial charge in [0.15, 0.2) is 0 Å². The molecule has 2 aromatic carbocycles. The van der Waals surface area contributed by atoms with E-state index in [0.29, 0.717) is 23.5 Å². The van der Waals surface area contributed by atoms with Crippen LogP contribution in [-0.4, -0.2) is 43.0 Å². The van der Waals surface area contributed by atoms with Crippen LogP contribution in [0.15, 0.2) is 42.5 Å². The van der Waals surface area contributed by atoms with E-state index in [1.165, 1.54) is 20.1 Å². The van der Waals surface area contributed by atoms with Crippen molar-refractivity contribution in [3.63, 3.8) is 0 Å². The number of methoxy groups -OCH3 is 1. The highest BCUT2D eigenvalue weighted by atomic mass is 19.1. The van der Waals surface area contributed by atoms with Gasteiger partial charge in [0.05, 0.1) is 19.3 Å². The molecule has 1 fully saturated rings. The zero-order valence-electron chi connectivity index (χ0n) is 16.7. The van der Waals surface area contributed by atoms with E-state index >= 15 is 0 Å². The van der Waals surface area contributed by atoms with Gasteiger partial charge >= 0.3 is 0 Å². The van der Waals surface area contributed by atoms with Gasteiger partial charge in [0, 0.05) is 18.7 Å².